The summed E-state index contributed by atoms with van der Waals surface area (Å²) in [6, 6.07) is 17.6. The van der Waals surface area contributed by atoms with Crippen LogP contribution in [0.1, 0.15) is 22.9 Å². The van der Waals surface area contributed by atoms with Crippen LogP contribution in [0.5, 0.6) is 0 Å². The molecule has 2 aromatic heterocycles. The van der Waals surface area contributed by atoms with E-state index in [0.29, 0.717) is 12.1 Å². The first-order valence-corrected chi connectivity index (χ1v) is 12.7. The van der Waals surface area contributed by atoms with Crippen molar-refractivity contribution in [3.05, 3.63) is 104 Å². The van der Waals surface area contributed by atoms with E-state index in [9.17, 15) is 24.8 Å². The van der Waals surface area contributed by atoms with E-state index in [1.165, 1.54) is 23.5 Å². The number of thiazole rings is 1. The van der Waals surface area contributed by atoms with Crippen LogP contribution in [0.15, 0.2) is 77.5 Å². The van der Waals surface area contributed by atoms with Gasteiger partial charge in [0.1, 0.15) is 11.0 Å². The summed E-state index contributed by atoms with van der Waals surface area (Å²) in [5.41, 5.74) is 2.18. The third-order valence-corrected chi connectivity index (χ3v) is 7.31. The average molecular weight is 523 g/mol. The van der Waals surface area contributed by atoms with Crippen LogP contribution < -0.4 is 10.6 Å². The molecular formula is C25H22N4O5S2. The highest BCUT2D eigenvalue weighted by Gasteiger charge is 2.26. The summed E-state index contributed by atoms with van der Waals surface area (Å²) >= 11 is 3.01. The zero-order valence-corrected chi connectivity index (χ0v) is 20.5. The summed E-state index contributed by atoms with van der Waals surface area (Å²) in [5.74, 6) is -0.487. The Kier molecular flexibility index (Phi) is 8.03. The van der Waals surface area contributed by atoms with Crippen LogP contribution in [0.25, 0.3) is 9.88 Å². The van der Waals surface area contributed by atoms with Crippen LogP contribution >= 0.6 is 22.7 Å². The molecule has 2 amide bonds. The van der Waals surface area contributed by atoms with Gasteiger partial charge < -0.3 is 15.7 Å². The summed E-state index contributed by atoms with van der Waals surface area (Å²) in [5, 5.41) is 30.2. The van der Waals surface area contributed by atoms with Crippen LogP contribution in [0, 0.1) is 10.1 Å². The smallest absolute Gasteiger partial charge is 0.405 e. The fourth-order valence-electron chi connectivity index (χ4n) is 3.66. The van der Waals surface area contributed by atoms with E-state index in [1.54, 1.807) is 23.5 Å². The Morgan fingerprint density at radius 1 is 0.944 bits per heavy atom. The lowest BCUT2D eigenvalue weighted by atomic mass is 10.0. The number of non-ortho nitro benzene ring substituents is 1. The highest BCUT2D eigenvalue weighted by atomic mass is 32.1. The van der Waals surface area contributed by atoms with Gasteiger partial charge in [-0.15, -0.1) is 22.7 Å². The van der Waals surface area contributed by atoms with Gasteiger partial charge in [0, 0.05) is 23.9 Å². The Morgan fingerprint density at radius 2 is 1.67 bits per heavy atom. The minimum atomic E-state index is -1.30. The summed E-state index contributed by atoms with van der Waals surface area (Å²) < 4.78 is 0. The lowest BCUT2D eigenvalue weighted by Crippen LogP contribution is -2.48. The molecule has 0 aliphatic heterocycles. The fraction of sp³-hybridized carbons (Fsp3) is 0.160. The van der Waals surface area contributed by atoms with Crippen molar-refractivity contribution in [1.82, 2.24) is 15.6 Å². The zero-order valence-electron chi connectivity index (χ0n) is 18.9. The van der Waals surface area contributed by atoms with Crippen LogP contribution in [0.3, 0.4) is 0 Å². The molecule has 11 heteroatoms. The molecule has 36 heavy (non-hydrogen) atoms. The molecule has 2 heterocycles. The zero-order chi connectivity index (χ0) is 25.5. The molecule has 0 fully saturated rings. The van der Waals surface area contributed by atoms with E-state index >= 15 is 0 Å². The lowest BCUT2D eigenvalue weighted by molar-refractivity contribution is -0.384. The van der Waals surface area contributed by atoms with E-state index in [4.69, 9.17) is 4.98 Å². The number of rotatable bonds is 10. The third-order valence-electron chi connectivity index (χ3n) is 5.41. The monoisotopic (exact) mass is 522 g/mol. The number of amides is 2. The Labute approximate surface area is 214 Å². The van der Waals surface area contributed by atoms with E-state index in [0.717, 1.165) is 21.0 Å². The molecule has 0 radical (unpaired) electrons. The first-order chi connectivity index (χ1) is 17.4. The van der Waals surface area contributed by atoms with Gasteiger partial charge in [0.05, 0.1) is 21.5 Å². The summed E-state index contributed by atoms with van der Waals surface area (Å²) in [4.78, 5) is 41.0. The van der Waals surface area contributed by atoms with Crippen molar-refractivity contribution in [2.45, 2.75) is 24.9 Å². The Bertz CT molecular complexity index is 1320. The molecule has 0 saturated carbocycles. The Morgan fingerprint density at radius 3 is 2.31 bits per heavy atom. The lowest BCUT2D eigenvalue weighted by Gasteiger charge is -2.22. The Hall–Kier alpha value is -4.09. The van der Waals surface area contributed by atoms with Crippen LogP contribution in [0.4, 0.5) is 10.5 Å². The van der Waals surface area contributed by atoms with Gasteiger partial charge in [0.25, 0.3) is 5.69 Å². The van der Waals surface area contributed by atoms with E-state index in [-0.39, 0.29) is 12.1 Å². The molecule has 0 aliphatic carbocycles. The summed E-state index contributed by atoms with van der Waals surface area (Å²) in [6.45, 7) is 0. The van der Waals surface area contributed by atoms with Crippen LogP contribution in [-0.4, -0.2) is 33.1 Å². The molecule has 0 aliphatic rings. The van der Waals surface area contributed by atoms with E-state index in [1.807, 2.05) is 53.2 Å². The second kappa shape index (κ2) is 11.6. The maximum atomic E-state index is 13.3. The van der Waals surface area contributed by atoms with Gasteiger partial charge in [-0.3, -0.25) is 14.9 Å². The molecule has 184 valence electrons. The van der Waals surface area contributed by atoms with Crippen LogP contribution in [-0.2, 0) is 17.6 Å². The van der Waals surface area contributed by atoms with Crippen molar-refractivity contribution >= 4 is 40.4 Å². The van der Waals surface area contributed by atoms with Crippen molar-refractivity contribution < 1.29 is 19.6 Å². The number of hydrogen-bond acceptors (Lipinski definition) is 7. The van der Waals surface area contributed by atoms with Crippen molar-refractivity contribution in [3.8, 4) is 9.88 Å². The first-order valence-electron chi connectivity index (χ1n) is 11.0. The predicted molar refractivity (Wildman–Crippen MR) is 138 cm³/mol. The number of nitrogens with one attached hydrogen (secondary N) is 2. The molecule has 2 aromatic carbocycles. The fourth-order valence-corrected chi connectivity index (χ4v) is 5.35. The first kappa shape index (κ1) is 25.0. The second-order valence-electron chi connectivity index (χ2n) is 7.94. The van der Waals surface area contributed by atoms with Gasteiger partial charge in [-0.05, 0) is 29.0 Å². The third kappa shape index (κ3) is 6.52. The predicted octanol–water partition coefficient (Wildman–Crippen LogP) is 5.06. The molecule has 3 N–H and O–H groups in total. The van der Waals surface area contributed by atoms with E-state index in [2.05, 4.69) is 10.6 Å². The number of nitrogens with zero attached hydrogens (tertiary/aromatic N) is 2. The van der Waals surface area contributed by atoms with Crippen molar-refractivity contribution in [3.63, 3.8) is 0 Å². The maximum Gasteiger partial charge on any atom is 0.405 e. The highest BCUT2D eigenvalue weighted by molar-refractivity contribution is 7.20. The number of hydrogen-bond donors (Lipinski definition) is 3. The number of aromatic nitrogens is 1. The molecule has 4 aromatic rings. The molecule has 0 bridgehead atoms. The maximum absolute atomic E-state index is 13.3. The molecular weight excluding hydrogens is 500 g/mol. The van der Waals surface area contributed by atoms with Crippen molar-refractivity contribution in [1.29, 1.82) is 0 Å². The Balaban J connectivity index is 1.59. The molecule has 2 atom stereocenters. The van der Waals surface area contributed by atoms with Gasteiger partial charge in [0.2, 0.25) is 5.91 Å². The van der Waals surface area contributed by atoms with Gasteiger partial charge in [-0.25, -0.2) is 9.78 Å². The SMILES string of the molecule is O=C(O)N[C@@H](Cc1ccccc1)C(=O)N[C@@H](Cc1ccc([N+](=O)[O-])cc1)c1csc(-c2cccs2)n1. The minimum Gasteiger partial charge on any atom is -0.465 e. The number of benzene rings is 2. The van der Waals surface area contributed by atoms with Gasteiger partial charge in [-0.2, -0.15) is 0 Å². The molecule has 4 rings (SSSR count). The molecule has 0 spiro atoms. The average Bonchev–Trinajstić information content (AvgIpc) is 3.56. The standard InChI is InChI=1S/C25H22N4O5S2/c30-23(20(28-25(31)32)14-16-5-2-1-3-6-16)26-19(13-17-8-10-18(11-9-17)29(33)34)21-15-36-24(27-21)22-7-4-12-35-22/h1-12,15,19-20,28H,13-14H2,(H,26,30)(H,31,32)/t19-,20-/m0/s1. The van der Waals surface area contributed by atoms with E-state index < -0.39 is 29.0 Å². The van der Waals surface area contributed by atoms with Crippen molar-refractivity contribution in [2.75, 3.05) is 0 Å². The summed E-state index contributed by atoms with van der Waals surface area (Å²) in [6.07, 6.45) is -0.796. The summed E-state index contributed by atoms with van der Waals surface area (Å²) in [7, 11) is 0. The highest BCUT2D eigenvalue weighted by Crippen LogP contribution is 2.31. The van der Waals surface area contributed by atoms with Crippen molar-refractivity contribution in [2.24, 2.45) is 0 Å². The number of carboxylic acid groups (broad SMARTS) is 1. The van der Waals surface area contributed by atoms with Gasteiger partial charge >= 0.3 is 6.09 Å². The topological polar surface area (TPSA) is 134 Å². The number of carbonyl (C=O) groups excluding carboxylic acids is 1. The van der Waals surface area contributed by atoms with Gasteiger partial charge in [-0.1, -0.05) is 48.5 Å². The second-order valence-corrected chi connectivity index (χ2v) is 9.74. The molecule has 9 nitrogen and oxygen atoms in total. The molecule has 0 saturated heterocycles. The van der Waals surface area contributed by atoms with Gasteiger partial charge in [0.15, 0.2) is 0 Å². The number of nitro groups is 1. The molecule has 0 unspecified atom stereocenters. The van der Waals surface area contributed by atoms with Crippen LogP contribution in [0.2, 0.25) is 0 Å². The number of thiophene rings is 1. The number of nitro benzene ring substituents is 1. The largest absolute Gasteiger partial charge is 0.465 e. The minimum absolute atomic E-state index is 0.0263. The normalized spacial score (nSPS) is 12.4. The number of carbonyl (C=O) groups is 2. The quantitative estimate of drug-likeness (QED) is 0.197.